The number of hydrogen-bond acceptors (Lipinski definition) is 1. The van der Waals surface area contributed by atoms with E-state index < -0.39 is 0 Å². The summed E-state index contributed by atoms with van der Waals surface area (Å²) in [5.41, 5.74) is 10.8. The maximum atomic E-state index is 2.38. The summed E-state index contributed by atoms with van der Waals surface area (Å²) in [6.45, 7) is 0. The molecule has 0 bridgehead atoms. The molecule has 0 N–H and O–H groups in total. The van der Waals surface area contributed by atoms with Crippen LogP contribution in [0.2, 0.25) is 0 Å². The van der Waals surface area contributed by atoms with E-state index in [2.05, 4.69) is 205 Å². The standard InChI is InChI=1S/C48H33N/c1-3-14-34(15-4-1)36-18-9-19-37(30-36)43-27-11-21-39-33-47-40(32-46(39)43)22-12-28-44(47)38-20-10-25-42(31-38)49(41-23-5-2-6-24-41)48-29-13-17-35-16-7-8-26-45(35)48/h1-33H. The minimum atomic E-state index is 1.12. The predicted molar refractivity (Wildman–Crippen MR) is 210 cm³/mol. The number of para-hydroxylation sites is 1. The summed E-state index contributed by atoms with van der Waals surface area (Å²) < 4.78 is 0. The number of benzene rings is 9. The van der Waals surface area contributed by atoms with Crippen molar-refractivity contribution in [1.82, 2.24) is 0 Å². The van der Waals surface area contributed by atoms with Gasteiger partial charge in [0.25, 0.3) is 0 Å². The highest BCUT2D eigenvalue weighted by Gasteiger charge is 2.17. The van der Waals surface area contributed by atoms with E-state index in [4.69, 9.17) is 0 Å². The van der Waals surface area contributed by atoms with E-state index in [0.717, 1.165) is 17.1 Å². The second-order valence-corrected chi connectivity index (χ2v) is 12.6. The number of hydrogen-bond donors (Lipinski definition) is 0. The Morgan fingerprint density at radius 1 is 0.265 bits per heavy atom. The monoisotopic (exact) mass is 623 g/mol. The van der Waals surface area contributed by atoms with E-state index in [-0.39, 0.29) is 0 Å². The smallest absolute Gasteiger partial charge is 0.0540 e. The van der Waals surface area contributed by atoms with Crippen LogP contribution in [-0.2, 0) is 0 Å². The zero-order valence-corrected chi connectivity index (χ0v) is 27.0. The molecule has 0 aliphatic rings. The van der Waals surface area contributed by atoms with Crippen LogP contribution in [0.3, 0.4) is 0 Å². The molecule has 0 atom stereocenters. The van der Waals surface area contributed by atoms with Gasteiger partial charge in [0.05, 0.1) is 5.69 Å². The molecule has 0 aromatic heterocycles. The predicted octanol–water partition coefficient (Wildman–Crippen LogP) is 13.6. The van der Waals surface area contributed by atoms with Crippen LogP contribution in [0.4, 0.5) is 17.1 Å². The second-order valence-electron chi connectivity index (χ2n) is 12.6. The minimum absolute atomic E-state index is 1.12. The van der Waals surface area contributed by atoms with Crippen LogP contribution in [0.1, 0.15) is 0 Å². The molecule has 0 amide bonds. The SMILES string of the molecule is c1ccc(-c2cccc(-c3cccc4cc5c(-c6cccc(N(c7ccccc7)c7cccc8ccccc78)c6)cccc5cc34)c2)cc1. The Morgan fingerprint density at radius 2 is 0.755 bits per heavy atom. The normalized spacial score (nSPS) is 11.3. The molecule has 9 aromatic carbocycles. The third-order valence-electron chi connectivity index (χ3n) is 9.60. The number of anilines is 3. The van der Waals surface area contributed by atoms with Crippen molar-refractivity contribution in [2.45, 2.75) is 0 Å². The summed E-state index contributed by atoms with van der Waals surface area (Å²) in [5, 5.41) is 7.43. The molecule has 0 radical (unpaired) electrons. The molecule has 1 heteroatoms. The fourth-order valence-corrected chi connectivity index (χ4v) is 7.27. The quantitative estimate of drug-likeness (QED) is 0.167. The average molecular weight is 624 g/mol. The van der Waals surface area contributed by atoms with Crippen molar-refractivity contribution in [2.75, 3.05) is 4.90 Å². The highest BCUT2D eigenvalue weighted by Crippen LogP contribution is 2.42. The Bertz CT molecular complexity index is 2600. The van der Waals surface area contributed by atoms with Gasteiger partial charge >= 0.3 is 0 Å². The summed E-state index contributed by atoms with van der Waals surface area (Å²) in [5.74, 6) is 0. The molecule has 0 aliphatic heterocycles. The van der Waals surface area contributed by atoms with Crippen LogP contribution in [-0.4, -0.2) is 0 Å². The van der Waals surface area contributed by atoms with Gasteiger partial charge in [0.1, 0.15) is 0 Å². The van der Waals surface area contributed by atoms with Gasteiger partial charge in [-0.3, -0.25) is 0 Å². The van der Waals surface area contributed by atoms with E-state index in [1.807, 2.05) is 0 Å². The lowest BCUT2D eigenvalue weighted by atomic mass is 9.91. The zero-order valence-electron chi connectivity index (χ0n) is 27.0. The summed E-state index contributed by atoms with van der Waals surface area (Å²) in [4.78, 5) is 2.38. The van der Waals surface area contributed by atoms with Crippen LogP contribution in [0.5, 0.6) is 0 Å². The molecule has 0 fully saturated rings. The number of rotatable bonds is 6. The van der Waals surface area contributed by atoms with Crippen LogP contribution < -0.4 is 4.90 Å². The molecule has 230 valence electrons. The van der Waals surface area contributed by atoms with Gasteiger partial charge < -0.3 is 4.90 Å². The third kappa shape index (κ3) is 5.32. The molecule has 0 unspecified atom stereocenters. The van der Waals surface area contributed by atoms with Gasteiger partial charge in [-0.15, -0.1) is 0 Å². The Hall–Kier alpha value is -6.44. The van der Waals surface area contributed by atoms with Gasteiger partial charge in [0, 0.05) is 16.8 Å². The summed E-state index contributed by atoms with van der Waals surface area (Å²) in [6.07, 6.45) is 0. The van der Waals surface area contributed by atoms with Crippen molar-refractivity contribution >= 4 is 49.4 Å². The average Bonchev–Trinajstić information content (AvgIpc) is 3.18. The van der Waals surface area contributed by atoms with Crippen LogP contribution in [0.15, 0.2) is 200 Å². The molecule has 0 saturated carbocycles. The van der Waals surface area contributed by atoms with Gasteiger partial charge in [-0.1, -0.05) is 152 Å². The van der Waals surface area contributed by atoms with E-state index in [9.17, 15) is 0 Å². The van der Waals surface area contributed by atoms with Gasteiger partial charge in [-0.25, -0.2) is 0 Å². The molecular weight excluding hydrogens is 591 g/mol. The summed E-state index contributed by atoms with van der Waals surface area (Å²) in [7, 11) is 0. The first-order valence-corrected chi connectivity index (χ1v) is 16.8. The Morgan fingerprint density at radius 3 is 1.49 bits per heavy atom. The van der Waals surface area contributed by atoms with Gasteiger partial charge in [0.2, 0.25) is 0 Å². The summed E-state index contributed by atoms with van der Waals surface area (Å²) >= 11 is 0. The van der Waals surface area contributed by atoms with Crippen LogP contribution >= 0.6 is 0 Å². The molecule has 9 aromatic rings. The van der Waals surface area contributed by atoms with Gasteiger partial charge in [-0.2, -0.15) is 0 Å². The first-order chi connectivity index (χ1) is 24.3. The lowest BCUT2D eigenvalue weighted by Gasteiger charge is -2.27. The van der Waals surface area contributed by atoms with Gasteiger partial charge in [-0.05, 0) is 109 Å². The van der Waals surface area contributed by atoms with Crippen molar-refractivity contribution < 1.29 is 0 Å². The Kier molecular flexibility index (Phi) is 7.22. The summed E-state index contributed by atoms with van der Waals surface area (Å²) in [6, 6.07) is 72.4. The van der Waals surface area contributed by atoms with E-state index in [0.29, 0.717) is 0 Å². The first-order valence-electron chi connectivity index (χ1n) is 16.8. The van der Waals surface area contributed by atoms with Crippen molar-refractivity contribution in [2.24, 2.45) is 0 Å². The highest BCUT2D eigenvalue weighted by atomic mass is 15.1. The molecule has 0 spiro atoms. The largest absolute Gasteiger partial charge is 0.310 e. The van der Waals surface area contributed by atoms with Gasteiger partial charge in [0.15, 0.2) is 0 Å². The molecule has 9 rings (SSSR count). The maximum Gasteiger partial charge on any atom is 0.0540 e. The fourth-order valence-electron chi connectivity index (χ4n) is 7.27. The maximum absolute atomic E-state index is 2.38. The van der Waals surface area contributed by atoms with E-state index >= 15 is 0 Å². The second kappa shape index (κ2) is 12.3. The van der Waals surface area contributed by atoms with Crippen molar-refractivity contribution in [3.8, 4) is 33.4 Å². The van der Waals surface area contributed by atoms with Crippen molar-refractivity contribution in [3.05, 3.63) is 200 Å². The molecule has 1 nitrogen and oxygen atoms in total. The fraction of sp³-hybridized carbons (Fsp3) is 0. The first kappa shape index (κ1) is 28.8. The molecular formula is C48H33N. The Labute approximate surface area is 287 Å². The molecule has 49 heavy (non-hydrogen) atoms. The van der Waals surface area contributed by atoms with Crippen molar-refractivity contribution in [3.63, 3.8) is 0 Å². The third-order valence-corrected chi connectivity index (χ3v) is 9.60. The topological polar surface area (TPSA) is 3.24 Å². The van der Waals surface area contributed by atoms with E-state index in [1.165, 1.54) is 65.7 Å². The molecule has 0 saturated heterocycles. The van der Waals surface area contributed by atoms with Crippen LogP contribution in [0.25, 0.3) is 65.7 Å². The molecule has 0 aliphatic carbocycles. The number of fused-ring (bicyclic) bond motifs is 3. The number of nitrogens with zero attached hydrogens (tertiary/aromatic N) is 1. The lowest BCUT2D eigenvalue weighted by Crippen LogP contribution is -2.10. The van der Waals surface area contributed by atoms with E-state index in [1.54, 1.807) is 0 Å². The minimum Gasteiger partial charge on any atom is -0.310 e. The Balaban J connectivity index is 1.17. The lowest BCUT2D eigenvalue weighted by molar-refractivity contribution is 1.30. The van der Waals surface area contributed by atoms with Crippen molar-refractivity contribution in [1.29, 1.82) is 0 Å². The van der Waals surface area contributed by atoms with Crippen LogP contribution in [0, 0.1) is 0 Å². The zero-order chi connectivity index (χ0) is 32.6. The molecule has 0 heterocycles. The highest BCUT2D eigenvalue weighted by molar-refractivity contribution is 6.09.